The van der Waals surface area contributed by atoms with Gasteiger partial charge in [0.15, 0.2) is 5.65 Å². The Morgan fingerprint density at radius 1 is 1.26 bits per heavy atom. The number of esters is 1. The Morgan fingerprint density at radius 2 is 2.07 bits per heavy atom. The highest BCUT2D eigenvalue weighted by molar-refractivity contribution is 5.95. The van der Waals surface area contributed by atoms with Crippen molar-refractivity contribution in [3.8, 4) is 5.75 Å². The fourth-order valence-electron chi connectivity index (χ4n) is 3.08. The molecule has 0 unspecified atom stereocenters. The first-order valence-corrected chi connectivity index (χ1v) is 8.64. The van der Waals surface area contributed by atoms with E-state index in [1.807, 2.05) is 18.9 Å². The fraction of sp³-hybridized carbons (Fsp3) is 0.316. The van der Waals surface area contributed by atoms with Gasteiger partial charge in [-0.1, -0.05) is 0 Å². The monoisotopic (exact) mass is 370 g/mol. The van der Waals surface area contributed by atoms with E-state index in [1.165, 1.54) is 22.8 Å². The lowest BCUT2D eigenvalue weighted by Gasteiger charge is -2.28. The highest BCUT2D eigenvalue weighted by Gasteiger charge is 2.23. The number of benzene rings is 1. The summed E-state index contributed by atoms with van der Waals surface area (Å²) < 4.78 is 26.7. The van der Waals surface area contributed by atoms with Crippen LogP contribution in [0.4, 0.5) is 10.2 Å². The second-order valence-corrected chi connectivity index (χ2v) is 6.61. The molecular formula is C19H19FN4O3. The number of anilines is 1. The molecule has 2 atom stereocenters. The van der Waals surface area contributed by atoms with Crippen LogP contribution < -0.4 is 9.64 Å². The summed E-state index contributed by atoms with van der Waals surface area (Å²) in [6.45, 7) is 3.79. The number of rotatable bonds is 0. The molecule has 0 N–H and O–H groups in total. The predicted molar refractivity (Wildman–Crippen MR) is 96.6 cm³/mol. The zero-order valence-corrected chi connectivity index (χ0v) is 15.2. The molecule has 140 valence electrons. The molecular weight excluding hydrogens is 351 g/mol. The van der Waals surface area contributed by atoms with Crippen LogP contribution >= 0.6 is 0 Å². The molecule has 0 saturated heterocycles. The van der Waals surface area contributed by atoms with Gasteiger partial charge in [0.2, 0.25) is 0 Å². The molecule has 1 aromatic carbocycles. The van der Waals surface area contributed by atoms with E-state index in [0.717, 1.165) is 0 Å². The summed E-state index contributed by atoms with van der Waals surface area (Å²) >= 11 is 0. The lowest BCUT2D eigenvalue weighted by molar-refractivity contribution is 0.0341. The Morgan fingerprint density at radius 3 is 2.89 bits per heavy atom. The maximum atomic E-state index is 13.9. The SMILES string of the molecule is C[C@@H]1c2cc(F)ccc2O[C@@H](C)COC(=O)c2cnn3ccc(nc23)N1C. The molecule has 2 bridgehead atoms. The molecule has 2 aromatic heterocycles. The molecule has 0 spiro atoms. The van der Waals surface area contributed by atoms with Gasteiger partial charge in [-0.15, -0.1) is 0 Å². The van der Waals surface area contributed by atoms with Crippen LogP contribution in [-0.4, -0.2) is 40.3 Å². The van der Waals surface area contributed by atoms with E-state index in [0.29, 0.717) is 22.8 Å². The van der Waals surface area contributed by atoms with Crippen LogP contribution in [0.25, 0.3) is 5.65 Å². The number of carbonyl (C=O) groups is 1. The van der Waals surface area contributed by atoms with E-state index in [1.54, 1.807) is 25.3 Å². The van der Waals surface area contributed by atoms with E-state index in [2.05, 4.69) is 10.1 Å². The van der Waals surface area contributed by atoms with E-state index in [4.69, 9.17) is 9.47 Å². The minimum absolute atomic E-state index is 0.0525. The quantitative estimate of drug-likeness (QED) is 0.567. The normalized spacial score (nSPS) is 20.3. The molecule has 1 aliphatic rings. The second-order valence-electron chi connectivity index (χ2n) is 6.61. The highest BCUT2D eigenvalue weighted by Crippen LogP contribution is 2.32. The molecule has 1 aliphatic heterocycles. The first kappa shape index (κ1) is 17.3. The third kappa shape index (κ3) is 3.07. The minimum Gasteiger partial charge on any atom is -0.487 e. The molecule has 0 fully saturated rings. The van der Waals surface area contributed by atoms with Gasteiger partial charge in [-0.25, -0.2) is 18.7 Å². The van der Waals surface area contributed by atoms with Gasteiger partial charge < -0.3 is 14.4 Å². The molecule has 8 heteroatoms. The van der Waals surface area contributed by atoms with Crippen LogP contribution in [0.15, 0.2) is 36.7 Å². The van der Waals surface area contributed by atoms with Crippen molar-refractivity contribution in [1.29, 1.82) is 0 Å². The molecule has 0 saturated carbocycles. The van der Waals surface area contributed by atoms with Gasteiger partial charge in [0.25, 0.3) is 0 Å². The summed E-state index contributed by atoms with van der Waals surface area (Å²) in [4.78, 5) is 18.9. The van der Waals surface area contributed by atoms with E-state index >= 15 is 0 Å². The van der Waals surface area contributed by atoms with Gasteiger partial charge in [0.1, 0.15) is 35.7 Å². The second kappa shape index (κ2) is 6.53. The molecule has 0 aliphatic carbocycles. The Bertz CT molecular complexity index is 1020. The third-order valence-corrected chi connectivity index (χ3v) is 4.72. The Hall–Kier alpha value is -3.16. The van der Waals surface area contributed by atoms with Crippen molar-refractivity contribution >= 4 is 17.4 Å². The lowest BCUT2D eigenvalue weighted by atomic mass is 10.1. The predicted octanol–water partition coefficient (Wildman–Crippen LogP) is 3.00. The number of ether oxygens (including phenoxy) is 2. The maximum Gasteiger partial charge on any atom is 0.343 e. The average molecular weight is 370 g/mol. The van der Waals surface area contributed by atoms with Gasteiger partial charge in [0, 0.05) is 18.8 Å². The Kier molecular flexibility index (Phi) is 4.18. The topological polar surface area (TPSA) is 69.0 Å². The van der Waals surface area contributed by atoms with Crippen molar-refractivity contribution in [1.82, 2.24) is 14.6 Å². The molecule has 4 rings (SSSR count). The van der Waals surface area contributed by atoms with Crippen molar-refractivity contribution < 1.29 is 18.7 Å². The largest absolute Gasteiger partial charge is 0.487 e. The molecule has 0 amide bonds. The summed E-state index contributed by atoms with van der Waals surface area (Å²) in [6.07, 6.45) is 2.76. The minimum atomic E-state index is -0.514. The number of cyclic esters (lactones) is 1. The van der Waals surface area contributed by atoms with Crippen LogP contribution in [0.5, 0.6) is 5.75 Å². The van der Waals surface area contributed by atoms with Crippen LogP contribution in [0.3, 0.4) is 0 Å². The molecule has 7 nitrogen and oxygen atoms in total. The summed E-state index contributed by atoms with van der Waals surface area (Å²) in [6, 6.07) is 5.97. The Balaban J connectivity index is 1.87. The number of hydrogen-bond acceptors (Lipinski definition) is 6. The van der Waals surface area contributed by atoms with Crippen LogP contribution in [0, 0.1) is 5.82 Å². The van der Waals surface area contributed by atoms with Gasteiger partial charge in [0.05, 0.1) is 12.2 Å². The van der Waals surface area contributed by atoms with Crippen LogP contribution in [0.2, 0.25) is 0 Å². The van der Waals surface area contributed by atoms with Gasteiger partial charge in [-0.05, 0) is 38.1 Å². The van der Waals surface area contributed by atoms with E-state index in [-0.39, 0.29) is 24.0 Å². The van der Waals surface area contributed by atoms with Crippen molar-refractivity contribution in [3.05, 3.63) is 53.6 Å². The fourth-order valence-corrected chi connectivity index (χ4v) is 3.08. The van der Waals surface area contributed by atoms with Crippen molar-refractivity contribution in [2.45, 2.75) is 26.0 Å². The summed E-state index contributed by atoms with van der Waals surface area (Å²) in [5, 5.41) is 4.15. The molecule has 3 aromatic rings. The van der Waals surface area contributed by atoms with Crippen molar-refractivity contribution in [3.63, 3.8) is 0 Å². The summed E-state index contributed by atoms with van der Waals surface area (Å²) in [5.41, 5.74) is 1.38. The number of hydrogen-bond donors (Lipinski definition) is 0. The zero-order chi connectivity index (χ0) is 19.1. The van der Waals surface area contributed by atoms with Gasteiger partial charge >= 0.3 is 5.97 Å². The molecule has 3 heterocycles. The number of fused-ring (bicyclic) bond motifs is 2. The number of nitrogens with zero attached hydrogens (tertiary/aromatic N) is 4. The van der Waals surface area contributed by atoms with Gasteiger partial charge in [-0.2, -0.15) is 5.10 Å². The lowest BCUT2D eigenvalue weighted by Crippen LogP contribution is -2.25. The van der Waals surface area contributed by atoms with E-state index in [9.17, 15) is 9.18 Å². The number of carbonyl (C=O) groups excluding carboxylic acids is 1. The number of aromatic nitrogens is 3. The first-order valence-electron chi connectivity index (χ1n) is 8.64. The smallest absolute Gasteiger partial charge is 0.343 e. The zero-order valence-electron chi connectivity index (χ0n) is 15.2. The Labute approximate surface area is 155 Å². The first-order chi connectivity index (χ1) is 12.9. The van der Waals surface area contributed by atoms with Crippen LogP contribution in [0.1, 0.15) is 35.8 Å². The van der Waals surface area contributed by atoms with Crippen molar-refractivity contribution in [2.24, 2.45) is 0 Å². The summed E-state index contributed by atoms with van der Waals surface area (Å²) in [5.74, 6) is 0.302. The maximum absolute atomic E-state index is 13.9. The third-order valence-electron chi connectivity index (χ3n) is 4.72. The van der Waals surface area contributed by atoms with E-state index < -0.39 is 12.1 Å². The van der Waals surface area contributed by atoms with Crippen molar-refractivity contribution in [2.75, 3.05) is 18.6 Å². The number of halogens is 1. The summed E-state index contributed by atoms with van der Waals surface area (Å²) in [7, 11) is 1.86. The molecule has 27 heavy (non-hydrogen) atoms. The standard InChI is InChI=1S/C19H19FN4O3/c1-11-10-26-19(25)15-9-21-24-7-6-17(22-18(15)24)23(3)12(2)14-8-13(20)4-5-16(14)27-11/h4-9,11-12H,10H2,1-3H3/t11-,12+/m0/s1. The highest BCUT2D eigenvalue weighted by atomic mass is 19.1. The molecule has 0 radical (unpaired) electrons. The van der Waals surface area contributed by atoms with Gasteiger partial charge in [-0.3, -0.25) is 0 Å². The average Bonchev–Trinajstić information content (AvgIpc) is 3.09. The van der Waals surface area contributed by atoms with Crippen LogP contribution in [-0.2, 0) is 4.74 Å².